The van der Waals surface area contributed by atoms with Gasteiger partial charge in [-0.1, -0.05) is 26.0 Å². The van der Waals surface area contributed by atoms with Gasteiger partial charge in [-0.25, -0.2) is 4.79 Å². The number of benzene rings is 1. The minimum atomic E-state index is -1.07. The zero-order valence-corrected chi connectivity index (χ0v) is 11.8. The predicted octanol–water partition coefficient (Wildman–Crippen LogP) is 1.98. The molecule has 1 aromatic carbocycles. The molecule has 1 amide bonds. The molecule has 1 fully saturated rings. The molecule has 2 unspecified atom stereocenters. The van der Waals surface area contributed by atoms with E-state index in [4.69, 9.17) is 4.74 Å². The maximum absolute atomic E-state index is 12.0. The van der Waals surface area contributed by atoms with E-state index in [1.165, 1.54) is 0 Å². The van der Waals surface area contributed by atoms with Crippen LogP contribution >= 0.6 is 0 Å². The molecule has 1 aliphatic rings. The normalized spacial score (nSPS) is 20.9. The van der Waals surface area contributed by atoms with Crippen LogP contribution in [0.3, 0.4) is 0 Å². The zero-order chi connectivity index (χ0) is 14.9. The summed E-state index contributed by atoms with van der Waals surface area (Å²) in [7, 11) is 1.54. The highest BCUT2D eigenvalue weighted by Crippen LogP contribution is 2.51. The summed E-state index contributed by atoms with van der Waals surface area (Å²) < 4.78 is 5.03. The number of nitrogens with one attached hydrogen (secondary N) is 1. The summed E-state index contributed by atoms with van der Waals surface area (Å²) >= 11 is 0. The lowest BCUT2D eigenvalue weighted by Crippen LogP contribution is -2.35. The van der Waals surface area contributed by atoms with Gasteiger partial charge in [-0.15, -0.1) is 0 Å². The van der Waals surface area contributed by atoms with Crippen LogP contribution in [0.25, 0.3) is 0 Å². The number of carboxylic acids is 1. The van der Waals surface area contributed by atoms with Crippen LogP contribution in [0.2, 0.25) is 0 Å². The number of rotatable bonds is 5. The molecule has 2 atom stereocenters. The van der Waals surface area contributed by atoms with Crippen LogP contribution in [0, 0.1) is 11.3 Å². The minimum Gasteiger partial charge on any atom is -0.497 e. The molecule has 2 N–H and O–H groups in total. The molecule has 0 bridgehead atoms. The molecule has 0 aliphatic heterocycles. The highest BCUT2D eigenvalue weighted by atomic mass is 16.5. The Bertz CT molecular complexity index is 521. The molecule has 0 radical (unpaired) electrons. The van der Waals surface area contributed by atoms with Crippen LogP contribution in [0.1, 0.15) is 31.9 Å². The first kappa shape index (κ1) is 14.4. The van der Waals surface area contributed by atoms with E-state index in [9.17, 15) is 14.7 Å². The fourth-order valence-corrected chi connectivity index (χ4v) is 2.24. The van der Waals surface area contributed by atoms with Crippen molar-refractivity contribution in [2.45, 2.75) is 26.3 Å². The standard InChI is InChI=1S/C15H19NO4/c1-15(2)8-11(15)13(17)16-12(14(18)19)9-4-6-10(20-3)7-5-9/h4-7,11-12H,8H2,1-3H3,(H,16,17)(H,18,19). The van der Waals surface area contributed by atoms with Crippen molar-refractivity contribution in [3.8, 4) is 5.75 Å². The second kappa shape index (κ2) is 5.15. The Morgan fingerprint density at radius 2 is 1.90 bits per heavy atom. The van der Waals surface area contributed by atoms with Crippen LogP contribution in [0.4, 0.5) is 0 Å². The molecule has 5 nitrogen and oxygen atoms in total. The Morgan fingerprint density at radius 3 is 2.30 bits per heavy atom. The lowest BCUT2D eigenvalue weighted by atomic mass is 10.1. The Balaban J connectivity index is 2.11. The van der Waals surface area contributed by atoms with Gasteiger partial charge in [0.1, 0.15) is 5.75 Å². The maximum atomic E-state index is 12.0. The first-order chi connectivity index (χ1) is 9.35. The number of methoxy groups -OCH3 is 1. The Morgan fingerprint density at radius 1 is 1.35 bits per heavy atom. The smallest absolute Gasteiger partial charge is 0.330 e. The van der Waals surface area contributed by atoms with Crippen LogP contribution in [0.15, 0.2) is 24.3 Å². The van der Waals surface area contributed by atoms with E-state index in [0.29, 0.717) is 11.3 Å². The van der Waals surface area contributed by atoms with E-state index >= 15 is 0 Å². The fourth-order valence-electron chi connectivity index (χ4n) is 2.24. The molecule has 1 saturated carbocycles. The van der Waals surface area contributed by atoms with Crippen molar-refractivity contribution in [2.75, 3.05) is 7.11 Å². The van der Waals surface area contributed by atoms with Crippen molar-refractivity contribution in [2.24, 2.45) is 11.3 Å². The highest BCUT2D eigenvalue weighted by Gasteiger charge is 2.51. The number of aliphatic carboxylic acids is 1. The molecule has 0 saturated heterocycles. The minimum absolute atomic E-state index is 0.0208. The number of hydrogen-bond acceptors (Lipinski definition) is 3. The first-order valence-corrected chi connectivity index (χ1v) is 6.52. The predicted molar refractivity (Wildman–Crippen MR) is 73.4 cm³/mol. The molecule has 2 rings (SSSR count). The zero-order valence-electron chi connectivity index (χ0n) is 11.8. The third-order valence-electron chi connectivity index (χ3n) is 3.81. The average molecular weight is 277 g/mol. The van der Waals surface area contributed by atoms with Gasteiger partial charge >= 0.3 is 5.97 Å². The molecule has 0 aromatic heterocycles. The van der Waals surface area contributed by atoms with Gasteiger partial charge in [0.05, 0.1) is 7.11 Å². The molecular weight excluding hydrogens is 258 g/mol. The Hall–Kier alpha value is -2.04. The molecule has 108 valence electrons. The fraction of sp³-hybridized carbons (Fsp3) is 0.467. The van der Waals surface area contributed by atoms with Gasteiger partial charge in [0.2, 0.25) is 5.91 Å². The van der Waals surface area contributed by atoms with Crippen molar-refractivity contribution < 1.29 is 19.4 Å². The Labute approximate surface area is 117 Å². The van der Waals surface area contributed by atoms with Gasteiger partial charge in [-0.2, -0.15) is 0 Å². The molecule has 0 spiro atoms. The number of carbonyl (C=O) groups excluding carboxylic acids is 1. The summed E-state index contributed by atoms with van der Waals surface area (Å²) in [6, 6.07) is 5.63. The van der Waals surface area contributed by atoms with E-state index < -0.39 is 12.0 Å². The number of amides is 1. The maximum Gasteiger partial charge on any atom is 0.330 e. The molecule has 0 heterocycles. The van der Waals surface area contributed by atoms with Gasteiger partial charge in [-0.05, 0) is 29.5 Å². The molecule has 1 aromatic rings. The second-order valence-electron chi connectivity index (χ2n) is 5.80. The molecular formula is C15H19NO4. The van der Waals surface area contributed by atoms with Crippen molar-refractivity contribution in [3.63, 3.8) is 0 Å². The van der Waals surface area contributed by atoms with Gasteiger partial charge in [0.25, 0.3) is 0 Å². The van der Waals surface area contributed by atoms with Crippen LogP contribution < -0.4 is 10.1 Å². The van der Waals surface area contributed by atoms with Gasteiger partial charge in [0.15, 0.2) is 6.04 Å². The van der Waals surface area contributed by atoms with Crippen LogP contribution in [0.5, 0.6) is 5.75 Å². The van der Waals surface area contributed by atoms with Crippen molar-refractivity contribution in [1.29, 1.82) is 0 Å². The van der Waals surface area contributed by atoms with E-state index in [1.807, 2.05) is 13.8 Å². The first-order valence-electron chi connectivity index (χ1n) is 6.52. The number of carbonyl (C=O) groups is 2. The topological polar surface area (TPSA) is 75.6 Å². The number of carboxylic acid groups (broad SMARTS) is 1. The number of ether oxygens (including phenoxy) is 1. The summed E-state index contributed by atoms with van der Waals surface area (Å²) in [4.78, 5) is 23.4. The van der Waals surface area contributed by atoms with Gasteiger partial charge in [-0.3, -0.25) is 4.79 Å². The monoisotopic (exact) mass is 277 g/mol. The summed E-state index contributed by atoms with van der Waals surface area (Å²) in [5.41, 5.74) is 0.512. The highest BCUT2D eigenvalue weighted by molar-refractivity contribution is 5.87. The van der Waals surface area contributed by atoms with Gasteiger partial charge < -0.3 is 15.2 Å². The van der Waals surface area contributed by atoms with Crippen LogP contribution in [-0.2, 0) is 9.59 Å². The van der Waals surface area contributed by atoms with Crippen molar-refractivity contribution >= 4 is 11.9 Å². The van der Waals surface area contributed by atoms with Crippen molar-refractivity contribution in [3.05, 3.63) is 29.8 Å². The third-order valence-corrected chi connectivity index (χ3v) is 3.81. The largest absolute Gasteiger partial charge is 0.497 e. The van der Waals surface area contributed by atoms with E-state index in [1.54, 1.807) is 31.4 Å². The quantitative estimate of drug-likeness (QED) is 0.863. The third kappa shape index (κ3) is 2.92. The average Bonchev–Trinajstić information content (AvgIpc) is 3.05. The summed E-state index contributed by atoms with van der Waals surface area (Å²) in [6.45, 7) is 4.00. The lowest BCUT2D eigenvalue weighted by Gasteiger charge is -2.16. The summed E-state index contributed by atoms with van der Waals surface area (Å²) in [5.74, 6) is -0.713. The molecule has 20 heavy (non-hydrogen) atoms. The van der Waals surface area contributed by atoms with Gasteiger partial charge in [0, 0.05) is 5.92 Å². The van der Waals surface area contributed by atoms with E-state index in [2.05, 4.69) is 5.32 Å². The molecule has 1 aliphatic carbocycles. The molecule has 5 heteroatoms. The Kier molecular flexibility index (Phi) is 3.70. The SMILES string of the molecule is COc1ccc(C(NC(=O)C2CC2(C)C)C(=O)O)cc1. The summed E-state index contributed by atoms with van der Waals surface area (Å²) in [5, 5.41) is 11.9. The second-order valence-corrected chi connectivity index (χ2v) is 5.80. The van der Waals surface area contributed by atoms with E-state index in [0.717, 1.165) is 6.42 Å². The number of hydrogen-bond donors (Lipinski definition) is 2. The lowest BCUT2D eigenvalue weighted by molar-refractivity contribution is -0.142. The van der Waals surface area contributed by atoms with E-state index in [-0.39, 0.29) is 17.2 Å². The van der Waals surface area contributed by atoms with Crippen molar-refractivity contribution in [1.82, 2.24) is 5.32 Å². The van der Waals surface area contributed by atoms with Crippen LogP contribution in [-0.4, -0.2) is 24.1 Å². The summed E-state index contributed by atoms with van der Waals surface area (Å²) in [6.07, 6.45) is 0.799.